The van der Waals surface area contributed by atoms with Crippen LogP contribution in [0.5, 0.6) is 11.5 Å². The van der Waals surface area contributed by atoms with Crippen molar-refractivity contribution in [2.75, 3.05) is 20.7 Å². The lowest BCUT2D eigenvalue weighted by atomic mass is 9.50. The number of piperidine rings is 1. The summed E-state index contributed by atoms with van der Waals surface area (Å²) in [7, 11) is 3.57. The van der Waals surface area contributed by atoms with Crippen molar-refractivity contribution in [3.05, 3.63) is 35.1 Å². The minimum atomic E-state index is -1.24. The third-order valence-electron chi connectivity index (χ3n) is 9.32. The third kappa shape index (κ3) is 5.14. The highest BCUT2D eigenvalue weighted by Crippen LogP contribution is 2.65. The average Bonchev–Trinajstić information content (AvgIpc) is 3.30. The maximum Gasteiger partial charge on any atom is 0.326 e. The van der Waals surface area contributed by atoms with E-state index in [2.05, 4.69) is 10.2 Å². The van der Waals surface area contributed by atoms with E-state index in [9.17, 15) is 29.4 Å². The summed E-state index contributed by atoms with van der Waals surface area (Å²) in [6.07, 6.45) is 0.803. The number of hydrogen-bond acceptors (Lipinski definition) is 10. The summed E-state index contributed by atoms with van der Waals surface area (Å²) in [5.41, 5.74) is 0.0315. The van der Waals surface area contributed by atoms with E-state index in [1.807, 2.05) is 33.0 Å². The highest BCUT2D eigenvalue weighted by molar-refractivity contribution is 5.88. The summed E-state index contributed by atoms with van der Waals surface area (Å²) in [6, 6.07) is 2.63. The lowest BCUT2D eigenvalue weighted by molar-refractivity contribution is -0.169. The second kappa shape index (κ2) is 11.5. The number of amides is 1. The lowest BCUT2D eigenvalue weighted by Gasteiger charge is -2.61. The third-order valence-corrected chi connectivity index (χ3v) is 9.32. The first-order valence-corrected chi connectivity index (χ1v) is 14.7. The number of likely N-dealkylation sites (N-methyl/N-ethyl adjacent to an activating group) is 1. The van der Waals surface area contributed by atoms with Crippen LogP contribution >= 0.6 is 0 Å². The Kier molecular flexibility index (Phi) is 8.21. The van der Waals surface area contributed by atoms with Crippen LogP contribution in [0.1, 0.15) is 64.0 Å². The van der Waals surface area contributed by atoms with Gasteiger partial charge >= 0.3 is 17.9 Å². The number of aliphatic hydroxyl groups is 1. The minimum Gasteiger partial charge on any atom is -0.493 e. The Balaban J connectivity index is 1.24. The van der Waals surface area contributed by atoms with Gasteiger partial charge in [0, 0.05) is 18.0 Å². The number of hydrogen-bond donors (Lipinski definition) is 3. The highest BCUT2D eigenvalue weighted by Gasteiger charge is 2.72. The molecule has 4 aliphatic rings. The summed E-state index contributed by atoms with van der Waals surface area (Å²) in [5, 5.41) is 24.0. The highest BCUT2D eigenvalue weighted by atomic mass is 16.6. The SMILES string of the molecule is COc1ccc2c3c1O[C@H]1C(OC(=O)CCC(=O)O[C@@H](C)C(=O)N[C@@H](CC(C)C)C(=O)O)=CC[C@@]4(O)[C@@H](C2)N(C)CC[C@]314. The number of carbonyl (C=O) groups excluding carboxylic acids is 3. The number of methoxy groups -OCH3 is 1. The molecule has 6 atom stereocenters. The number of esters is 2. The summed E-state index contributed by atoms with van der Waals surface area (Å²) in [4.78, 5) is 51.4. The molecule has 3 N–H and O–H groups in total. The normalized spacial score (nSPS) is 28.1. The van der Waals surface area contributed by atoms with Crippen molar-refractivity contribution in [2.24, 2.45) is 5.92 Å². The predicted molar refractivity (Wildman–Crippen MR) is 151 cm³/mol. The maximum atomic E-state index is 12.9. The van der Waals surface area contributed by atoms with E-state index < -0.39 is 53.1 Å². The van der Waals surface area contributed by atoms with E-state index in [1.54, 1.807) is 13.2 Å². The van der Waals surface area contributed by atoms with Gasteiger partial charge in [-0.25, -0.2) is 4.79 Å². The number of nitrogens with zero attached hydrogens (tertiary/aromatic N) is 1. The molecule has 0 radical (unpaired) electrons. The molecule has 0 saturated carbocycles. The molecular weight excluding hydrogens is 560 g/mol. The van der Waals surface area contributed by atoms with Gasteiger partial charge in [0.1, 0.15) is 11.8 Å². The number of nitrogens with one attached hydrogen (secondary N) is 1. The molecule has 1 amide bonds. The van der Waals surface area contributed by atoms with Crippen LogP contribution in [0.3, 0.4) is 0 Å². The number of carboxylic acids is 1. The van der Waals surface area contributed by atoms with Crippen LogP contribution in [0, 0.1) is 5.92 Å². The fourth-order valence-corrected chi connectivity index (χ4v) is 7.27. The van der Waals surface area contributed by atoms with Crippen LogP contribution in [-0.4, -0.2) is 89.5 Å². The quantitative estimate of drug-likeness (QED) is 0.318. The van der Waals surface area contributed by atoms with Gasteiger partial charge in [-0.3, -0.25) is 14.4 Å². The van der Waals surface area contributed by atoms with Crippen molar-refractivity contribution in [3.63, 3.8) is 0 Å². The zero-order valence-electron chi connectivity index (χ0n) is 25.2. The maximum absolute atomic E-state index is 12.9. The Morgan fingerprint density at radius 3 is 2.56 bits per heavy atom. The van der Waals surface area contributed by atoms with Gasteiger partial charge in [0.05, 0.1) is 31.0 Å². The Hall–Kier alpha value is -3.64. The molecule has 234 valence electrons. The summed E-state index contributed by atoms with van der Waals surface area (Å²) < 4.78 is 23.0. The van der Waals surface area contributed by atoms with E-state index in [0.29, 0.717) is 24.3 Å². The smallest absolute Gasteiger partial charge is 0.326 e. The van der Waals surface area contributed by atoms with E-state index in [-0.39, 0.29) is 43.4 Å². The number of likely N-dealkylation sites (tertiary alicyclic amines) is 1. The van der Waals surface area contributed by atoms with Crippen LogP contribution in [0.4, 0.5) is 0 Å². The topological polar surface area (TPSA) is 161 Å². The Labute approximate surface area is 250 Å². The van der Waals surface area contributed by atoms with Crippen LogP contribution in [0.15, 0.2) is 24.0 Å². The Bertz CT molecular complexity index is 1360. The summed E-state index contributed by atoms with van der Waals surface area (Å²) in [6.45, 7) is 5.73. The molecule has 43 heavy (non-hydrogen) atoms. The fraction of sp³-hybridized carbons (Fsp3) is 0.613. The predicted octanol–water partition coefficient (Wildman–Crippen LogP) is 1.84. The molecule has 2 heterocycles. The van der Waals surface area contributed by atoms with Crippen LogP contribution in [0.2, 0.25) is 0 Å². The molecule has 2 bridgehead atoms. The van der Waals surface area contributed by atoms with Gasteiger partial charge in [0.15, 0.2) is 23.7 Å². The number of carboxylic acid groups (broad SMARTS) is 1. The van der Waals surface area contributed by atoms with Gasteiger partial charge in [0.25, 0.3) is 5.91 Å². The Morgan fingerprint density at radius 1 is 1.16 bits per heavy atom. The molecule has 1 aromatic rings. The molecule has 12 nitrogen and oxygen atoms in total. The van der Waals surface area contributed by atoms with Crippen LogP contribution in [-0.2, 0) is 40.5 Å². The average molecular weight is 601 g/mol. The van der Waals surface area contributed by atoms with E-state index in [1.165, 1.54) is 6.92 Å². The van der Waals surface area contributed by atoms with Crippen molar-refractivity contribution in [1.82, 2.24) is 10.2 Å². The molecule has 0 unspecified atom stereocenters. The van der Waals surface area contributed by atoms with Crippen molar-refractivity contribution >= 4 is 23.8 Å². The molecule has 1 aromatic carbocycles. The molecule has 2 aliphatic heterocycles. The summed E-state index contributed by atoms with van der Waals surface area (Å²) >= 11 is 0. The standard InChI is InChI=1S/C31H40N2O10/c1-16(2)14-19(29(37)38)32-28(36)17(3)41-23(34)8-9-24(35)42-21-10-11-31(39)22-15-18-6-7-20(40-5)26-25(18)30(31,27(21)43-26)12-13-33(22)4/h6-7,10,16-17,19,22,27,39H,8-9,11-15H2,1-5H3,(H,32,36)(H,37,38)/t17-,19-,22+,27-,30-,31+/m0/s1. The van der Waals surface area contributed by atoms with E-state index in [4.69, 9.17) is 18.9 Å². The van der Waals surface area contributed by atoms with Crippen LogP contribution in [0.25, 0.3) is 0 Å². The molecule has 2 aliphatic carbocycles. The number of ether oxygens (including phenoxy) is 4. The van der Waals surface area contributed by atoms with Gasteiger partial charge in [0.2, 0.25) is 0 Å². The van der Waals surface area contributed by atoms with Crippen molar-refractivity contribution in [3.8, 4) is 11.5 Å². The van der Waals surface area contributed by atoms with Gasteiger partial charge in [-0.05, 0) is 63.4 Å². The second-order valence-corrected chi connectivity index (χ2v) is 12.4. The number of rotatable bonds is 11. The fourth-order valence-electron chi connectivity index (χ4n) is 7.27. The largest absolute Gasteiger partial charge is 0.493 e. The molecule has 1 saturated heterocycles. The van der Waals surface area contributed by atoms with Crippen molar-refractivity contribution in [2.45, 2.75) is 94.6 Å². The molecule has 1 spiro atoms. The first-order chi connectivity index (χ1) is 20.3. The molecule has 12 heteroatoms. The lowest BCUT2D eigenvalue weighted by Crippen LogP contribution is -2.74. The minimum absolute atomic E-state index is 0.0322. The van der Waals surface area contributed by atoms with Crippen LogP contribution < -0.4 is 14.8 Å². The van der Waals surface area contributed by atoms with E-state index in [0.717, 1.165) is 17.7 Å². The van der Waals surface area contributed by atoms with Crippen molar-refractivity contribution < 1.29 is 48.3 Å². The van der Waals surface area contributed by atoms with Crippen molar-refractivity contribution in [1.29, 1.82) is 0 Å². The Morgan fingerprint density at radius 2 is 1.88 bits per heavy atom. The molecule has 5 rings (SSSR count). The van der Waals surface area contributed by atoms with Gasteiger partial charge in [-0.2, -0.15) is 0 Å². The number of aliphatic carboxylic acids is 1. The van der Waals surface area contributed by atoms with Gasteiger partial charge in [-0.15, -0.1) is 0 Å². The molecule has 1 fully saturated rings. The summed E-state index contributed by atoms with van der Waals surface area (Å²) in [5.74, 6) is -1.97. The van der Waals surface area contributed by atoms with Gasteiger partial charge < -0.3 is 39.4 Å². The zero-order valence-corrected chi connectivity index (χ0v) is 25.2. The zero-order chi connectivity index (χ0) is 31.3. The molecular formula is C31H40N2O10. The number of benzene rings is 1. The second-order valence-electron chi connectivity index (χ2n) is 12.4. The van der Waals surface area contributed by atoms with Gasteiger partial charge in [-0.1, -0.05) is 19.9 Å². The number of carbonyl (C=O) groups is 4. The first kappa shape index (κ1) is 30.8. The first-order valence-electron chi connectivity index (χ1n) is 14.7. The molecule has 0 aromatic heterocycles. The van der Waals surface area contributed by atoms with E-state index >= 15 is 0 Å². The monoisotopic (exact) mass is 600 g/mol.